The molecule has 1 amide bonds. The third kappa shape index (κ3) is 3.68. The lowest BCUT2D eigenvalue weighted by molar-refractivity contribution is 0.102. The second kappa shape index (κ2) is 6.37. The van der Waals surface area contributed by atoms with E-state index in [2.05, 4.69) is 21.2 Å². The summed E-state index contributed by atoms with van der Waals surface area (Å²) in [5, 5.41) is 3.21. The van der Waals surface area contributed by atoms with Crippen molar-refractivity contribution in [1.29, 1.82) is 0 Å². The maximum atomic E-state index is 12.2. The molecule has 0 saturated carbocycles. The Morgan fingerprint density at radius 3 is 2.43 bits per heavy atom. The van der Waals surface area contributed by atoms with Crippen LogP contribution < -0.4 is 16.0 Å². The zero-order chi connectivity index (χ0) is 15.6. The molecule has 0 aromatic heterocycles. The Balaban J connectivity index is 2.28. The molecule has 0 bridgehead atoms. The van der Waals surface area contributed by atoms with E-state index in [1.165, 1.54) is 0 Å². The quantitative estimate of drug-likeness (QED) is 0.805. The van der Waals surface area contributed by atoms with Crippen LogP contribution in [-0.2, 0) is 0 Å². The molecule has 0 aliphatic carbocycles. The molecule has 0 radical (unpaired) electrons. The summed E-state index contributed by atoms with van der Waals surface area (Å²) in [4.78, 5) is 14.1. The molecule has 6 heteroatoms. The second-order valence-corrected chi connectivity index (χ2v) is 6.07. The van der Waals surface area contributed by atoms with Crippen LogP contribution in [0.1, 0.15) is 10.4 Å². The van der Waals surface area contributed by atoms with Crippen molar-refractivity contribution < 1.29 is 4.79 Å². The molecular formula is C15H15BrClN3O. The van der Waals surface area contributed by atoms with Crippen LogP contribution in [0.25, 0.3) is 0 Å². The van der Waals surface area contributed by atoms with Crippen molar-refractivity contribution in [2.75, 3.05) is 30.0 Å². The van der Waals surface area contributed by atoms with Crippen LogP contribution in [0.4, 0.5) is 17.1 Å². The molecule has 110 valence electrons. The van der Waals surface area contributed by atoms with Gasteiger partial charge in [0.25, 0.3) is 5.91 Å². The Hall–Kier alpha value is -1.72. The van der Waals surface area contributed by atoms with Crippen LogP contribution >= 0.6 is 27.5 Å². The van der Waals surface area contributed by atoms with Crippen LogP contribution in [0.5, 0.6) is 0 Å². The first-order valence-corrected chi connectivity index (χ1v) is 7.39. The Labute approximate surface area is 137 Å². The summed E-state index contributed by atoms with van der Waals surface area (Å²) in [6.07, 6.45) is 0. The van der Waals surface area contributed by atoms with E-state index in [4.69, 9.17) is 17.3 Å². The van der Waals surface area contributed by atoms with Gasteiger partial charge in [0.2, 0.25) is 0 Å². The molecule has 0 aliphatic rings. The summed E-state index contributed by atoms with van der Waals surface area (Å²) in [7, 11) is 3.75. The number of nitrogens with one attached hydrogen (secondary N) is 1. The van der Waals surface area contributed by atoms with E-state index in [1.807, 2.05) is 31.1 Å². The fraction of sp³-hybridized carbons (Fsp3) is 0.133. The van der Waals surface area contributed by atoms with Crippen LogP contribution in [0.2, 0.25) is 5.02 Å². The van der Waals surface area contributed by atoms with Gasteiger partial charge < -0.3 is 16.0 Å². The number of anilines is 3. The Morgan fingerprint density at radius 2 is 1.86 bits per heavy atom. The SMILES string of the molecule is CN(C)c1cc(NC(=O)c2ccc(Br)cc2)c(Cl)cc1N. The molecule has 0 unspecified atom stereocenters. The highest BCUT2D eigenvalue weighted by Gasteiger charge is 2.12. The third-order valence-electron chi connectivity index (χ3n) is 2.95. The van der Waals surface area contributed by atoms with Gasteiger partial charge in [-0.1, -0.05) is 27.5 Å². The fourth-order valence-electron chi connectivity index (χ4n) is 1.86. The average Bonchev–Trinajstić information content (AvgIpc) is 2.42. The molecule has 0 saturated heterocycles. The fourth-order valence-corrected chi connectivity index (χ4v) is 2.34. The van der Waals surface area contributed by atoms with Gasteiger partial charge in [0, 0.05) is 24.1 Å². The summed E-state index contributed by atoms with van der Waals surface area (Å²) < 4.78 is 0.916. The van der Waals surface area contributed by atoms with E-state index in [1.54, 1.807) is 24.3 Å². The van der Waals surface area contributed by atoms with Gasteiger partial charge >= 0.3 is 0 Å². The highest BCUT2D eigenvalue weighted by Crippen LogP contribution is 2.32. The van der Waals surface area contributed by atoms with Crippen molar-refractivity contribution in [3.05, 3.63) is 51.5 Å². The van der Waals surface area contributed by atoms with Gasteiger partial charge in [-0.05, 0) is 36.4 Å². The minimum Gasteiger partial charge on any atom is -0.397 e. The van der Waals surface area contributed by atoms with Crippen LogP contribution in [-0.4, -0.2) is 20.0 Å². The second-order valence-electron chi connectivity index (χ2n) is 4.75. The minimum absolute atomic E-state index is 0.223. The summed E-state index contributed by atoms with van der Waals surface area (Å²) >= 11 is 9.48. The van der Waals surface area contributed by atoms with Gasteiger partial charge in [0.05, 0.1) is 22.1 Å². The van der Waals surface area contributed by atoms with Crippen molar-refractivity contribution in [1.82, 2.24) is 0 Å². The summed E-state index contributed by atoms with van der Waals surface area (Å²) in [6, 6.07) is 10.5. The van der Waals surface area contributed by atoms with Crippen molar-refractivity contribution in [2.24, 2.45) is 0 Å². The van der Waals surface area contributed by atoms with Crippen molar-refractivity contribution in [3.63, 3.8) is 0 Å². The number of halogens is 2. The number of benzene rings is 2. The summed E-state index contributed by atoms with van der Waals surface area (Å²) in [5.74, 6) is -0.223. The Morgan fingerprint density at radius 1 is 1.24 bits per heavy atom. The molecule has 0 atom stereocenters. The summed E-state index contributed by atoms with van der Waals surface area (Å²) in [6.45, 7) is 0. The van der Waals surface area contributed by atoms with Crippen molar-refractivity contribution >= 4 is 50.5 Å². The molecule has 2 aromatic rings. The smallest absolute Gasteiger partial charge is 0.255 e. The van der Waals surface area contributed by atoms with Gasteiger partial charge in [-0.3, -0.25) is 4.79 Å². The van der Waals surface area contributed by atoms with Gasteiger partial charge in [0.1, 0.15) is 0 Å². The first kappa shape index (κ1) is 15.7. The van der Waals surface area contributed by atoms with Gasteiger partial charge in [-0.25, -0.2) is 0 Å². The first-order valence-electron chi connectivity index (χ1n) is 6.21. The molecule has 0 aliphatic heterocycles. The number of nitrogens with two attached hydrogens (primary N) is 1. The van der Waals surface area contributed by atoms with Gasteiger partial charge in [-0.15, -0.1) is 0 Å². The number of nitrogen functional groups attached to an aromatic ring is 1. The van der Waals surface area contributed by atoms with E-state index in [0.717, 1.165) is 10.2 Å². The number of hydrogen-bond donors (Lipinski definition) is 2. The Bertz CT molecular complexity index is 671. The van der Waals surface area contributed by atoms with E-state index in [0.29, 0.717) is 22.0 Å². The van der Waals surface area contributed by atoms with Crippen LogP contribution in [0.15, 0.2) is 40.9 Å². The van der Waals surface area contributed by atoms with Crippen molar-refractivity contribution in [2.45, 2.75) is 0 Å². The van der Waals surface area contributed by atoms with Crippen LogP contribution in [0.3, 0.4) is 0 Å². The average molecular weight is 369 g/mol. The zero-order valence-corrected chi connectivity index (χ0v) is 14.0. The van der Waals surface area contributed by atoms with Crippen molar-refractivity contribution in [3.8, 4) is 0 Å². The Kier molecular flexibility index (Phi) is 4.75. The topological polar surface area (TPSA) is 58.4 Å². The lowest BCUT2D eigenvalue weighted by Crippen LogP contribution is -2.15. The molecule has 21 heavy (non-hydrogen) atoms. The minimum atomic E-state index is -0.223. The predicted octanol–water partition coefficient (Wildman–Crippen LogP) is 4.00. The zero-order valence-electron chi connectivity index (χ0n) is 11.7. The molecule has 0 fully saturated rings. The van der Waals surface area contributed by atoms with E-state index in [9.17, 15) is 4.79 Å². The molecule has 0 spiro atoms. The highest BCUT2D eigenvalue weighted by atomic mass is 79.9. The normalized spacial score (nSPS) is 10.3. The van der Waals surface area contributed by atoms with Crippen LogP contribution in [0, 0.1) is 0 Å². The monoisotopic (exact) mass is 367 g/mol. The first-order chi connectivity index (χ1) is 9.88. The molecule has 2 rings (SSSR count). The standard InChI is InChI=1S/C15H15BrClN3O/c1-20(2)14-8-13(11(17)7-12(14)18)19-15(21)9-3-5-10(16)6-4-9/h3-8H,18H2,1-2H3,(H,19,21). The number of carbonyl (C=O) groups is 1. The third-order valence-corrected chi connectivity index (χ3v) is 3.79. The lowest BCUT2D eigenvalue weighted by Gasteiger charge is -2.18. The molecule has 2 aromatic carbocycles. The maximum Gasteiger partial charge on any atom is 0.255 e. The van der Waals surface area contributed by atoms with E-state index in [-0.39, 0.29) is 5.91 Å². The molecule has 4 nitrogen and oxygen atoms in total. The molecule has 0 heterocycles. The molecule has 3 N–H and O–H groups in total. The number of amides is 1. The molecular weight excluding hydrogens is 354 g/mol. The predicted molar refractivity (Wildman–Crippen MR) is 92.3 cm³/mol. The summed E-state index contributed by atoms with van der Waals surface area (Å²) in [5.41, 5.74) is 8.35. The lowest BCUT2D eigenvalue weighted by atomic mass is 10.2. The highest BCUT2D eigenvalue weighted by molar-refractivity contribution is 9.10. The maximum absolute atomic E-state index is 12.2. The van der Waals surface area contributed by atoms with E-state index < -0.39 is 0 Å². The number of carbonyl (C=O) groups excluding carboxylic acids is 1. The largest absolute Gasteiger partial charge is 0.397 e. The van der Waals surface area contributed by atoms with Gasteiger partial charge in [-0.2, -0.15) is 0 Å². The number of hydrogen-bond acceptors (Lipinski definition) is 3. The van der Waals surface area contributed by atoms with Gasteiger partial charge in [0.15, 0.2) is 0 Å². The number of rotatable bonds is 3. The van der Waals surface area contributed by atoms with E-state index >= 15 is 0 Å². The number of nitrogens with zero attached hydrogens (tertiary/aromatic N) is 1.